The van der Waals surface area contributed by atoms with Crippen LogP contribution in [0.3, 0.4) is 0 Å². The van der Waals surface area contributed by atoms with Gasteiger partial charge in [0.25, 0.3) is 0 Å². The number of rotatable bonds is 4. The van der Waals surface area contributed by atoms with Gasteiger partial charge in [-0.2, -0.15) is 0 Å². The highest BCUT2D eigenvalue weighted by molar-refractivity contribution is 7.10. The minimum absolute atomic E-state index is 0.225. The molecular formula is C18H23FN4OS. The molecular weight excluding hydrogens is 339 g/mol. The van der Waals surface area contributed by atoms with Crippen LogP contribution in [0.25, 0.3) is 0 Å². The largest absolute Gasteiger partial charge is 0.383 e. The van der Waals surface area contributed by atoms with Crippen LogP contribution < -0.4 is 10.6 Å². The zero-order valence-electron chi connectivity index (χ0n) is 14.2. The molecule has 2 heterocycles. The van der Waals surface area contributed by atoms with Crippen molar-refractivity contribution in [2.24, 2.45) is 10.7 Å². The number of nitrogens with two attached hydrogens (primary N) is 1. The SMILES string of the molecule is CC(O)(CN=C(N)N1CCN(c2ccc(F)cc2)CC1)c1cccs1. The van der Waals surface area contributed by atoms with Gasteiger partial charge in [-0.25, -0.2) is 9.38 Å². The van der Waals surface area contributed by atoms with Crippen molar-refractivity contribution in [2.45, 2.75) is 12.5 Å². The summed E-state index contributed by atoms with van der Waals surface area (Å²) in [7, 11) is 0. The number of anilines is 1. The Labute approximate surface area is 151 Å². The molecule has 0 saturated carbocycles. The van der Waals surface area contributed by atoms with Crippen LogP contribution in [-0.2, 0) is 5.60 Å². The molecule has 134 valence electrons. The summed E-state index contributed by atoms with van der Waals surface area (Å²) in [5, 5.41) is 12.5. The van der Waals surface area contributed by atoms with Crippen molar-refractivity contribution in [3.63, 3.8) is 0 Å². The molecule has 1 fully saturated rings. The minimum atomic E-state index is -1.01. The Hall–Kier alpha value is -2.12. The van der Waals surface area contributed by atoms with E-state index in [-0.39, 0.29) is 12.4 Å². The molecule has 1 aromatic carbocycles. The number of hydrogen-bond acceptors (Lipinski definition) is 4. The van der Waals surface area contributed by atoms with Gasteiger partial charge in [0.2, 0.25) is 0 Å². The molecule has 1 aromatic heterocycles. The maximum atomic E-state index is 13.0. The Morgan fingerprint density at radius 2 is 1.92 bits per heavy atom. The van der Waals surface area contributed by atoms with Gasteiger partial charge in [-0.1, -0.05) is 6.07 Å². The molecule has 1 aliphatic heterocycles. The van der Waals surface area contributed by atoms with Crippen molar-refractivity contribution >= 4 is 23.0 Å². The second-order valence-electron chi connectivity index (χ2n) is 6.38. The van der Waals surface area contributed by atoms with Crippen LogP contribution in [0.5, 0.6) is 0 Å². The van der Waals surface area contributed by atoms with Gasteiger partial charge in [-0.15, -0.1) is 11.3 Å². The van der Waals surface area contributed by atoms with Gasteiger partial charge in [-0.05, 0) is 42.6 Å². The van der Waals surface area contributed by atoms with Crippen LogP contribution in [0.4, 0.5) is 10.1 Å². The number of thiophene rings is 1. The van der Waals surface area contributed by atoms with Crippen LogP contribution in [0.1, 0.15) is 11.8 Å². The zero-order valence-corrected chi connectivity index (χ0v) is 15.0. The standard InChI is InChI=1S/C18H23FN4OS/c1-18(24,16-3-2-12-25-16)13-21-17(20)23-10-8-22(9-11-23)15-6-4-14(19)5-7-15/h2-7,12,24H,8-11,13H2,1H3,(H2,20,21). The first-order valence-electron chi connectivity index (χ1n) is 8.27. The molecule has 0 amide bonds. The molecule has 25 heavy (non-hydrogen) atoms. The van der Waals surface area contributed by atoms with Gasteiger partial charge in [0, 0.05) is 36.7 Å². The van der Waals surface area contributed by atoms with E-state index in [2.05, 4.69) is 9.89 Å². The molecule has 0 bridgehead atoms. The summed E-state index contributed by atoms with van der Waals surface area (Å²) in [5.74, 6) is 0.229. The summed E-state index contributed by atoms with van der Waals surface area (Å²) in [6.45, 7) is 5.06. The number of nitrogens with zero attached hydrogens (tertiary/aromatic N) is 3. The average Bonchev–Trinajstić information content (AvgIpc) is 3.16. The van der Waals surface area contributed by atoms with Crippen LogP contribution >= 0.6 is 11.3 Å². The van der Waals surface area contributed by atoms with E-state index in [1.54, 1.807) is 19.1 Å². The topological polar surface area (TPSA) is 65.1 Å². The van der Waals surface area contributed by atoms with E-state index in [9.17, 15) is 9.50 Å². The van der Waals surface area contributed by atoms with Crippen LogP contribution in [-0.4, -0.2) is 48.7 Å². The van der Waals surface area contributed by atoms with Crippen LogP contribution in [0.2, 0.25) is 0 Å². The fourth-order valence-corrected chi connectivity index (χ4v) is 3.62. The van der Waals surface area contributed by atoms with E-state index in [4.69, 9.17) is 5.73 Å². The lowest BCUT2D eigenvalue weighted by Gasteiger charge is -2.36. The summed E-state index contributed by atoms with van der Waals surface area (Å²) in [6, 6.07) is 10.4. The first-order chi connectivity index (χ1) is 12.0. The number of guanidine groups is 1. The van der Waals surface area contributed by atoms with Crippen molar-refractivity contribution < 1.29 is 9.50 Å². The number of aliphatic hydroxyl groups is 1. The Balaban J connectivity index is 1.56. The van der Waals surface area contributed by atoms with Crippen molar-refractivity contribution in [3.05, 3.63) is 52.5 Å². The monoisotopic (exact) mass is 362 g/mol. The number of hydrogen-bond donors (Lipinski definition) is 2. The molecule has 1 unspecified atom stereocenters. The first kappa shape index (κ1) is 17.7. The molecule has 2 aromatic rings. The maximum Gasteiger partial charge on any atom is 0.191 e. The Bertz CT molecular complexity index is 707. The average molecular weight is 362 g/mol. The summed E-state index contributed by atoms with van der Waals surface area (Å²) in [4.78, 5) is 9.49. The smallest absolute Gasteiger partial charge is 0.191 e. The summed E-state index contributed by atoms with van der Waals surface area (Å²) in [6.07, 6.45) is 0. The molecule has 3 rings (SSSR count). The second kappa shape index (κ2) is 7.41. The van der Waals surface area contributed by atoms with Gasteiger partial charge in [0.1, 0.15) is 11.4 Å². The third kappa shape index (κ3) is 4.29. The molecule has 1 aliphatic rings. The van der Waals surface area contributed by atoms with Gasteiger partial charge >= 0.3 is 0 Å². The molecule has 0 spiro atoms. The minimum Gasteiger partial charge on any atom is -0.383 e. The molecule has 0 radical (unpaired) electrons. The van der Waals surface area contributed by atoms with Crippen LogP contribution in [0, 0.1) is 5.82 Å². The highest BCUT2D eigenvalue weighted by Crippen LogP contribution is 2.25. The van der Waals surface area contributed by atoms with E-state index in [1.165, 1.54) is 23.5 Å². The summed E-state index contributed by atoms with van der Waals surface area (Å²) >= 11 is 1.51. The fraction of sp³-hybridized carbons (Fsp3) is 0.389. The number of halogens is 1. The van der Waals surface area contributed by atoms with Crippen molar-refractivity contribution in [1.82, 2.24) is 4.90 Å². The van der Waals surface area contributed by atoms with E-state index >= 15 is 0 Å². The summed E-state index contributed by atoms with van der Waals surface area (Å²) < 4.78 is 13.0. The third-order valence-corrected chi connectivity index (χ3v) is 5.52. The van der Waals surface area contributed by atoms with Gasteiger partial charge in [0.05, 0.1) is 6.54 Å². The Kier molecular flexibility index (Phi) is 5.24. The molecule has 5 nitrogen and oxygen atoms in total. The van der Waals surface area contributed by atoms with E-state index < -0.39 is 5.60 Å². The first-order valence-corrected chi connectivity index (χ1v) is 9.15. The highest BCUT2D eigenvalue weighted by Gasteiger charge is 2.25. The Morgan fingerprint density at radius 1 is 1.24 bits per heavy atom. The lowest BCUT2D eigenvalue weighted by atomic mass is 10.1. The molecule has 7 heteroatoms. The fourth-order valence-electron chi connectivity index (χ4n) is 2.84. The number of piperazine rings is 1. The van der Waals surface area contributed by atoms with Crippen molar-refractivity contribution in [3.8, 4) is 0 Å². The molecule has 0 aliphatic carbocycles. The predicted molar refractivity (Wildman–Crippen MR) is 101 cm³/mol. The lowest BCUT2D eigenvalue weighted by Crippen LogP contribution is -2.51. The van der Waals surface area contributed by atoms with Crippen molar-refractivity contribution in [2.75, 3.05) is 37.6 Å². The number of benzene rings is 1. The molecule has 3 N–H and O–H groups in total. The van der Waals surface area contributed by atoms with Crippen molar-refractivity contribution in [1.29, 1.82) is 0 Å². The quantitative estimate of drug-likeness (QED) is 0.647. The highest BCUT2D eigenvalue weighted by atomic mass is 32.1. The van der Waals surface area contributed by atoms with Crippen LogP contribution in [0.15, 0.2) is 46.8 Å². The van der Waals surface area contributed by atoms with E-state index in [0.29, 0.717) is 5.96 Å². The van der Waals surface area contributed by atoms with E-state index in [1.807, 2.05) is 22.4 Å². The maximum absolute atomic E-state index is 13.0. The normalized spacial score (nSPS) is 18.3. The van der Waals surface area contributed by atoms with Gasteiger partial charge in [-0.3, -0.25) is 0 Å². The lowest BCUT2D eigenvalue weighted by molar-refractivity contribution is 0.0709. The predicted octanol–water partition coefficient (Wildman–Crippen LogP) is 2.23. The zero-order chi connectivity index (χ0) is 17.9. The van der Waals surface area contributed by atoms with Gasteiger partial charge < -0.3 is 20.6 Å². The molecule has 1 saturated heterocycles. The third-order valence-electron chi connectivity index (χ3n) is 4.40. The Morgan fingerprint density at radius 3 is 2.52 bits per heavy atom. The van der Waals surface area contributed by atoms with E-state index in [0.717, 1.165) is 36.7 Å². The van der Waals surface area contributed by atoms with Gasteiger partial charge in [0.15, 0.2) is 5.96 Å². The number of aliphatic imine (C=N–C) groups is 1. The second-order valence-corrected chi connectivity index (χ2v) is 7.32. The molecule has 1 atom stereocenters. The summed E-state index contributed by atoms with van der Waals surface area (Å²) in [5.41, 5.74) is 6.12.